The molecule has 1 heterocycles. The highest BCUT2D eigenvalue weighted by atomic mass is 16.5. The first-order valence-electron chi connectivity index (χ1n) is 9.92. The van der Waals surface area contributed by atoms with Crippen LogP contribution in [-0.2, 0) is 11.3 Å². The predicted octanol–water partition coefficient (Wildman–Crippen LogP) is 2.85. The quantitative estimate of drug-likeness (QED) is 0.517. The summed E-state index contributed by atoms with van der Waals surface area (Å²) in [6.07, 6.45) is 0.856. The van der Waals surface area contributed by atoms with Crippen molar-refractivity contribution < 1.29 is 14.3 Å². The Kier molecular flexibility index (Phi) is 7.33. The number of ether oxygens (including phenoxy) is 2. The largest absolute Gasteiger partial charge is 0.490 e. The number of benzene rings is 2. The molecule has 0 aliphatic carbocycles. The minimum atomic E-state index is -0.0865. The molecule has 154 valence electrons. The molecular weight excluding hydrogens is 368 g/mol. The number of carbonyl (C=O) groups excluding carboxylic acids is 1. The van der Waals surface area contributed by atoms with Crippen molar-refractivity contribution in [2.24, 2.45) is 4.99 Å². The number of fused-ring (bicyclic) bond motifs is 1. The molecule has 29 heavy (non-hydrogen) atoms. The van der Waals surface area contributed by atoms with E-state index in [2.05, 4.69) is 33.9 Å². The standard InChI is InChI=1S/C22H28N4O3/c1-3-23-21(27)15-25-22(24-14-17-8-5-4-7-16(17)2)26-18-9-10-19-20(13-18)29-12-6-11-28-19/h4-5,7-10,13H,3,6,11-12,14-15H2,1-2H3,(H,23,27)(H2,24,25,26). The number of anilines is 1. The maximum absolute atomic E-state index is 11.9. The second kappa shape index (κ2) is 10.4. The summed E-state index contributed by atoms with van der Waals surface area (Å²) in [5.74, 6) is 1.88. The summed E-state index contributed by atoms with van der Waals surface area (Å²) in [6.45, 7) is 6.45. The summed E-state index contributed by atoms with van der Waals surface area (Å²) in [6, 6.07) is 13.8. The number of nitrogens with one attached hydrogen (secondary N) is 3. The molecule has 2 aromatic carbocycles. The Balaban J connectivity index is 1.75. The molecule has 7 nitrogen and oxygen atoms in total. The molecule has 2 aromatic rings. The van der Waals surface area contributed by atoms with E-state index in [9.17, 15) is 4.79 Å². The fraction of sp³-hybridized carbons (Fsp3) is 0.364. The van der Waals surface area contributed by atoms with E-state index in [0.29, 0.717) is 38.0 Å². The van der Waals surface area contributed by atoms with Gasteiger partial charge in [-0.1, -0.05) is 24.3 Å². The van der Waals surface area contributed by atoms with Gasteiger partial charge in [0.05, 0.1) is 26.3 Å². The molecule has 1 aliphatic rings. The third-order valence-corrected chi connectivity index (χ3v) is 4.47. The summed E-state index contributed by atoms with van der Waals surface area (Å²) in [4.78, 5) is 16.5. The first-order valence-corrected chi connectivity index (χ1v) is 9.92. The lowest BCUT2D eigenvalue weighted by atomic mass is 10.1. The number of hydrogen-bond acceptors (Lipinski definition) is 4. The topological polar surface area (TPSA) is 84.0 Å². The molecule has 7 heteroatoms. The van der Waals surface area contributed by atoms with Crippen molar-refractivity contribution in [1.29, 1.82) is 0 Å². The molecule has 0 fully saturated rings. The number of aliphatic imine (C=N–C) groups is 1. The van der Waals surface area contributed by atoms with Crippen LogP contribution in [0.1, 0.15) is 24.5 Å². The zero-order valence-electron chi connectivity index (χ0n) is 17.0. The molecule has 1 aliphatic heterocycles. The van der Waals surface area contributed by atoms with Crippen molar-refractivity contribution in [3.8, 4) is 11.5 Å². The third-order valence-electron chi connectivity index (χ3n) is 4.47. The predicted molar refractivity (Wildman–Crippen MR) is 115 cm³/mol. The number of likely N-dealkylation sites (N-methyl/N-ethyl adjacent to an activating group) is 1. The molecule has 0 atom stereocenters. The number of carbonyl (C=O) groups is 1. The number of hydrogen-bond donors (Lipinski definition) is 3. The van der Waals surface area contributed by atoms with Gasteiger partial charge in [0.15, 0.2) is 17.5 Å². The second-order valence-electron chi connectivity index (χ2n) is 6.74. The Labute approximate surface area is 171 Å². The van der Waals surface area contributed by atoms with Gasteiger partial charge in [0, 0.05) is 24.7 Å². The van der Waals surface area contributed by atoms with E-state index < -0.39 is 0 Å². The lowest BCUT2D eigenvalue weighted by molar-refractivity contribution is -0.119. The van der Waals surface area contributed by atoms with Gasteiger partial charge in [-0.15, -0.1) is 0 Å². The van der Waals surface area contributed by atoms with Crippen LogP contribution in [0.15, 0.2) is 47.5 Å². The third kappa shape index (κ3) is 6.14. The van der Waals surface area contributed by atoms with Gasteiger partial charge in [-0.3, -0.25) is 4.79 Å². The van der Waals surface area contributed by atoms with E-state index in [1.165, 1.54) is 5.56 Å². The van der Waals surface area contributed by atoms with Crippen molar-refractivity contribution in [1.82, 2.24) is 10.6 Å². The maximum atomic E-state index is 11.9. The minimum Gasteiger partial charge on any atom is -0.490 e. The van der Waals surface area contributed by atoms with E-state index in [0.717, 1.165) is 23.4 Å². The highest BCUT2D eigenvalue weighted by Gasteiger charge is 2.12. The van der Waals surface area contributed by atoms with E-state index >= 15 is 0 Å². The molecule has 3 rings (SSSR count). The molecule has 0 aromatic heterocycles. The van der Waals surface area contributed by atoms with Gasteiger partial charge in [0.2, 0.25) is 5.91 Å². The molecule has 0 spiro atoms. The van der Waals surface area contributed by atoms with Crippen molar-refractivity contribution in [2.75, 3.05) is 31.6 Å². The van der Waals surface area contributed by atoms with Crippen LogP contribution in [0.2, 0.25) is 0 Å². The van der Waals surface area contributed by atoms with E-state index in [1.807, 2.05) is 43.3 Å². The first kappa shape index (κ1) is 20.5. The monoisotopic (exact) mass is 396 g/mol. The molecule has 0 saturated heterocycles. The fourth-order valence-electron chi connectivity index (χ4n) is 2.89. The van der Waals surface area contributed by atoms with Crippen molar-refractivity contribution in [3.63, 3.8) is 0 Å². The lowest BCUT2D eigenvalue weighted by Gasteiger charge is -2.15. The Hall–Kier alpha value is -3.22. The molecule has 0 saturated carbocycles. The Morgan fingerprint density at radius 2 is 1.86 bits per heavy atom. The van der Waals surface area contributed by atoms with Crippen molar-refractivity contribution in [2.45, 2.75) is 26.8 Å². The normalized spacial score (nSPS) is 13.4. The van der Waals surface area contributed by atoms with Crippen LogP contribution in [0.3, 0.4) is 0 Å². The lowest BCUT2D eigenvalue weighted by Crippen LogP contribution is -2.39. The summed E-state index contributed by atoms with van der Waals surface area (Å²) in [5.41, 5.74) is 3.11. The van der Waals surface area contributed by atoms with E-state index in [-0.39, 0.29) is 12.5 Å². The molecule has 3 N–H and O–H groups in total. The average Bonchev–Trinajstić information content (AvgIpc) is 2.96. The summed E-state index contributed by atoms with van der Waals surface area (Å²) >= 11 is 0. The van der Waals surface area contributed by atoms with Crippen LogP contribution >= 0.6 is 0 Å². The van der Waals surface area contributed by atoms with Gasteiger partial charge in [-0.25, -0.2) is 4.99 Å². The van der Waals surface area contributed by atoms with Gasteiger partial charge in [-0.05, 0) is 37.1 Å². The first-order chi connectivity index (χ1) is 14.2. The molecular formula is C22H28N4O3. The number of aryl methyl sites for hydroxylation is 1. The smallest absolute Gasteiger partial charge is 0.239 e. The van der Waals surface area contributed by atoms with Gasteiger partial charge in [-0.2, -0.15) is 0 Å². The van der Waals surface area contributed by atoms with Crippen LogP contribution in [0.5, 0.6) is 11.5 Å². The van der Waals surface area contributed by atoms with Crippen LogP contribution in [0.4, 0.5) is 5.69 Å². The average molecular weight is 396 g/mol. The van der Waals surface area contributed by atoms with Gasteiger partial charge >= 0.3 is 0 Å². The minimum absolute atomic E-state index is 0.0865. The maximum Gasteiger partial charge on any atom is 0.239 e. The van der Waals surface area contributed by atoms with Crippen LogP contribution in [0.25, 0.3) is 0 Å². The number of amides is 1. The van der Waals surface area contributed by atoms with E-state index in [4.69, 9.17) is 9.47 Å². The number of rotatable bonds is 6. The summed E-state index contributed by atoms with van der Waals surface area (Å²) < 4.78 is 11.4. The van der Waals surface area contributed by atoms with Crippen LogP contribution < -0.4 is 25.4 Å². The highest BCUT2D eigenvalue weighted by Crippen LogP contribution is 2.32. The van der Waals surface area contributed by atoms with Gasteiger partial charge in [0.1, 0.15) is 0 Å². The zero-order valence-corrected chi connectivity index (χ0v) is 17.0. The number of guanidine groups is 1. The second-order valence-corrected chi connectivity index (χ2v) is 6.74. The van der Waals surface area contributed by atoms with Crippen LogP contribution in [0, 0.1) is 6.92 Å². The van der Waals surface area contributed by atoms with Crippen LogP contribution in [-0.4, -0.2) is 38.2 Å². The Morgan fingerprint density at radius 3 is 2.66 bits per heavy atom. The van der Waals surface area contributed by atoms with Crippen molar-refractivity contribution >= 4 is 17.6 Å². The molecule has 0 radical (unpaired) electrons. The zero-order chi connectivity index (χ0) is 20.5. The fourth-order valence-corrected chi connectivity index (χ4v) is 2.89. The summed E-state index contributed by atoms with van der Waals surface area (Å²) in [5, 5.41) is 9.12. The molecule has 0 unspecified atom stereocenters. The van der Waals surface area contributed by atoms with E-state index in [1.54, 1.807) is 0 Å². The summed E-state index contributed by atoms with van der Waals surface area (Å²) in [7, 11) is 0. The number of nitrogens with zero attached hydrogens (tertiary/aromatic N) is 1. The van der Waals surface area contributed by atoms with Gasteiger partial charge in [0.25, 0.3) is 0 Å². The highest BCUT2D eigenvalue weighted by molar-refractivity contribution is 5.96. The SMILES string of the molecule is CCNC(=O)CNC(=NCc1ccccc1C)Nc1ccc2c(c1)OCCCO2. The molecule has 1 amide bonds. The van der Waals surface area contributed by atoms with Crippen molar-refractivity contribution in [3.05, 3.63) is 53.6 Å². The van der Waals surface area contributed by atoms with Gasteiger partial charge < -0.3 is 25.4 Å². The Morgan fingerprint density at radius 1 is 1.07 bits per heavy atom. The molecule has 0 bridgehead atoms. The Bertz CT molecular complexity index is 867.